The van der Waals surface area contributed by atoms with Gasteiger partial charge in [0.15, 0.2) is 5.75 Å². The number of nitriles is 1. The Morgan fingerprint density at radius 3 is 2.50 bits per heavy atom. The molecule has 0 aliphatic carbocycles. The molecular formula is C7H5F2N3O3S. The van der Waals surface area contributed by atoms with Gasteiger partial charge in [0.2, 0.25) is 5.03 Å². The molecule has 1 aromatic rings. The topological polar surface area (TPSA) is 117 Å². The van der Waals surface area contributed by atoms with Crippen LogP contribution in [0.3, 0.4) is 0 Å². The van der Waals surface area contributed by atoms with Crippen molar-refractivity contribution < 1.29 is 22.3 Å². The maximum Gasteiger partial charge on any atom is 0.281 e. The van der Waals surface area contributed by atoms with Crippen LogP contribution in [0.5, 0.6) is 5.75 Å². The standard InChI is InChI=1S/C7H5F2N3O3S/c8-6(9)5-3(2-10)1-4(13)7(12-5)16(11,14)15/h1,6,13H,(H2,11,14,15). The number of primary sulfonamides is 1. The quantitative estimate of drug-likeness (QED) is 0.778. The van der Waals surface area contributed by atoms with E-state index in [1.165, 1.54) is 6.07 Å². The van der Waals surface area contributed by atoms with Crippen molar-refractivity contribution in [2.24, 2.45) is 5.14 Å². The summed E-state index contributed by atoms with van der Waals surface area (Å²) in [4.78, 5) is 2.98. The van der Waals surface area contributed by atoms with Crippen LogP contribution in [-0.4, -0.2) is 18.5 Å². The van der Waals surface area contributed by atoms with Crippen molar-refractivity contribution in [3.8, 4) is 11.8 Å². The first-order valence-corrected chi connectivity index (χ1v) is 5.27. The molecule has 16 heavy (non-hydrogen) atoms. The fourth-order valence-corrected chi connectivity index (χ4v) is 1.54. The number of hydrogen-bond donors (Lipinski definition) is 2. The Morgan fingerprint density at radius 2 is 2.12 bits per heavy atom. The van der Waals surface area contributed by atoms with Crippen molar-refractivity contribution in [3.63, 3.8) is 0 Å². The van der Waals surface area contributed by atoms with E-state index in [9.17, 15) is 17.2 Å². The predicted octanol–water partition coefficient (Wildman–Crippen LogP) is 0.244. The maximum absolute atomic E-state index is 12.4. The minimum absolute atomic E-state index is 0.578. The molecule has 0 atom stereocenters. The lowest BCUT2D eigenvalue weighted by Gasteiger charge is -2.06. The van der Waals surface area contributed by atoms with Crippen molar-refractivity contribution >= 4 is 10.0 Å². The Morgan fingerprint density at radius 1 is 1.56 bits per heavy atom. The zero-order chi connectivity index (χ0) is 12.5. The van der Waals surface area contributed by atoms with Gasteiger partial charge in [0.25, 0.3) is 16.4 Å². The number of hydrogen-bond acceptors (Lipinski definition) is 5. The van der Waals surface area contributed by atoms with E-state index < -0.39 is 38.5 Å². The molecule has 0 fully saturated rings. The Balaban J connectivity index is 3.60. The third-order valence-corrected chi connectivity index (χ3v) is 2.43. The molecule has 1 heterocycles. The second-order valence-electron chi connectivity index (χ2n) is 2.70. The summed E-state index contributed by atoms with van der Waals surface area (Å²) in [6, 6.07) is 1.94. The zero-order valence-corrected chi connectivity index (χ0v) is 8.37. The number of rotatable bonds is 2. The monoisotopic (exact) mass is 249 g/mol. The van der Waals surface area contributed by atoms with Crippen LogP contribution >= 0.6 is 0 Å². The lowest BCUT2D eigenvalue weighted by Crippen LogP contribution is -2.15. The number of halogens is 2. The molecule has 9 heteroatoms. The number of aromatic hydroxyl groups is 1. The van der Waals surface area contributed by atoms with E-state index in [1.54, 1.807) is 0 Å². The molecule has 0 unspecified atom stereocenters. The molecule has 0 aliphatic rings. The first kappa shape index (κ1) is 12.3. The summed E-state index contributed by atoms with van der Waals surface area (Å²) in [5.41, 5.74) is -1.65. The second-order valence-corrected chi connectivity index (χ2v) is 4.18. The lowest BCUT2D eigenvalue weighted by atomic mass is 10.2. The van der Waals surface area contributed by atoms with E-state index in [-0.39, 0.29) is 0 Å². The molecule has 1 aromatic heterocycles. The molecule has 0 spiro atoms. The normalized spacial score (nSPS) is 11.4. The van der Waals surface area contributed by atoms with Gasteiger partial charge in [-0.15, -0.1) is 0 Å². The molecule has 0 radical (unpaired) electrons. The number of nitrogens with zero attached hydrogens (tertiary/aromatic N) is 2. The summed E-state index contributed by atoms with van der Waals surface area (Å²) in [6.07, 6.45) is -3.14. The third-order valence-electron chi connectivity index (χ3n) is 1.59. The van der Waals surface area contributed by atoms with Crippen LogP contribution in [0.25, 0.3) is 0 Å². The van der Waals surface area contributed by atoms with E-state index >= 15 is 0 Å². The van der Waals surface area contributed by atoms with E-state index in [0.717, 1.165) is 0 Å². The smallest absolute Gasteiger partial charge is 0.281 e. The summed E-state index contributed by atoms with van der Waals surface area (Å²) in [5, 5.41) is 21.2. The van der Waals surface area contributed by atoms with E-state index in [4.69, 9.17) is 10.4 Å². The number of alkyl halides is 2. The summed E-state index contributed by atoms with van der Waals surface area (Å²) >= 11 is 0. The Bertz CT molecular complexity index is 565. The molecule has 0 bridgehead atoms. The third kappa shape index (κ3) is 2.23. The molecule has 0 saturated heterocycles. The first-order chi connectivity index (χ1) is 7.27. The molecule has 0 aromatic carbocycles. The molecule has 1 rings (SSSR count). The van der Waals surface area contributed by atoms with Crippen LogP contribution in [0.4, 0.5) is 8.78 Å². The average molecular weight is 249 g/mol. The van der Waals surface area contributed by atoms with Gasteiger partial charge in [-0.3, -0.25) is 0 Å². The molecular weight excluding hydrogens is 244 g/mol. The molecule has 0 aliphatic heterocycles. The van der Waals surface area contributed by atoms with Crippen molar-refractivity contribution in [3.05, 3.63) is 17.3 Å². The van der Waals surface area contributed by atoms with Crippen LogP contribution in [0.15, 0.2) is 11.1 Å². The summed E-state index contributed by atoms with van der Waals surface area (Å²) in [5.74, 6) is -0.941. The fourth-order valence-electron chi connectivity index (χ4n) is 0.965. The van der Waals surface area contributed by atoms with E-state index in [0.29, 0.717) is 6.07 Å². The second kappa shape index (κ2) is 3.99. The molecule has 0 saturated carbocycles. The van der Waals surface area contributed by atoms with Gasteiger partial charge in [0, 0.05) is 6.07 Å². The lowest BCUT2D eigenvalue weighted by molar-refractivity contribution is 0.144. The highest BCUT2D eigenvalue weighted by Gasteiger charge is 2.23. The van der Waals surface area contributed by atoms with E-state index in [2.05, 4.69) is 10.1 Å². The molecule has 6 nitrogen and oxygen atoms in total. The van der Waals surface area contributed by atoms with Gasteiger partial charge in [-0.2, -0.15) is 5.26 Å². The molecule has 86 valence electrons. The van der Waals surface area contributed by atoms with Crippen LogP contribution in [0.2, 0.25) is 0 Å². The highest BCUT2D eigenvalue weighted by Crippen LogP contribution is 2.27. The van der Waals surface area contributed by atoms with Gasteiger partial charge >= 0.3 is 0 Å². The van der Waals surface area contributed by atoms with Gasteiger partial charge in [-0.1, -0.05) is 0 Å². The van der Waals surface area contributed by atoms with Gasteiger partial charge in [0.1, 0.15) is 11.8 Å². The fraction of sp³-hybridized carbons (Fsp3) is 0.143. The van der Waals surface area contributed by atoms with E-state index in [1.807, 2.05) is 0 Å². The zero-order valence-electron chi connectivity index (χ0n) is 7.55. The van der Waals surface area contributed by atoms with Gasteiger partial charge in [-0.25, -0.2) is 27.3 Å². The number of aromatic nitrogens is 1. The predicted molar refractivity (Wildman–Crippen MR) is 46.9 cm³/mol. The average Bonchev–Trinajstić information content (AvgIpc) is 2.14. The summed E-state index contributed by atoms with van der Waals surface area (Å²) in [6.45, 7) is 0. The number of nitrogens with two attached hydrogens (primary N) is 1. The summed E-state index contributed by atoms with van der Waals surface area (Å²) < 4.78 is 46.5. The Hall–Kier alpha value is -1.79. The number of pyridine rings is 1. The minimum Gasteiger partial charge on any atom is -0.505 e. The largest absolute Gasteiger partial charge is 0.505 e. The van der Waals surface area contributed by atoms with Crippen LogP contribution in [0, 0.1) is 11.3 Å². The molecule has 0 amide bonds. The van der Waals surface area contributed by atoms with Crippen molar-refractivity contribution in [1.82, 2.24) is 4.98 Å². The highest BCUT2D eigenvalue weighted by atomic mass is 32.2. The first-order valence-electron chi connectivity index (χ1n) is 3.72. The van der Waals surface area contributed by atoms with Crippen LogP contribution in [-0.2, 0) is 10.0 Å². The SMILES string of the molecule is N#Cc1cc(O)c(S(N)(=O)=O)nc1C(F)F. The Kier molecular flexibility index (Phi) is 3.06. The summed E-state index contributed by atoms with van der Waals surface area (Å²) in [7, 11) is -4.42. The van der Waals surface area contributed by atoms with Gasteiger partial charge in [0.05, 0.1) is 5.56 Å². The molecule has 3 N–H and O–H groups in total. The Labute approximate surface area is 89.0 Å². The highest BCUT2D eigenvalue weighted by molar-refractivity contribution is 7.89. The van der Waals surface area contributed by atoms with Crippen molar-refractivity contribution in [2.45, 2.75) is 11.5 Å². The van der Waals surface area contributed by atoms with Crippen LogP contribution in [0.1, 0.15) is 17.7 Å². The van der Waals surface area contributed by atoms with Crippen LogP contribution < -0.4 is 5.14 Å². The van der Waals surface area contributed by atoms with Gasteiger partial charge < -0.3 is 5.11 Å². The van der Waals surface area contributed by atoms with Gasteiger partial charge in [-0.05, 0) is 0 Å². The number of sulfonamides is 1. The van der Waals surface area contributed by atoms with Crippen molar-refractivity contribution in [2.75, 3.05) is 0 Å². The van der Waals surface area contributed by atoms with Crippen molar-refractivity contribution in [1.29, 1.82) is 5.26 Å². The minimum atomic E-state index is -4.42. The maximum atomic E-state index is 12.4.